The van der Waals surface area contributed by atoms with Gasteiger partial charge >= 0.3 is 0 Å². The van der Waals surface area contributed by atoms with Crippen molar-refractivity contribution in [3.63, 3.8) is 0 Å². The van der Waals surface area contributed by atoms with Crippen LogP contribution in [0.5, 0.6) is 11.5 Å². The molecule has 0 spiro atoms. The Kier molecular flexibility index (Phi) is 7.92. The minimum Gasteiger partial charge on any atom is -0.474 e. The van der Waals surface area contributed by atoms with Crippen LogP contribution in [0.4, 0.5) is 0 Å². The lowest BCUT2D eigenvalue weighted by Crippen LogP contribution is -2.33. The number of ketones is 2. The van der Waals surface area contributed by atoms with Gasteiger partial charge in [-0.1, -0.05) is 105 Å². The third-order valence-corrected chi connectivity index (χ3v) is 7.70. The first-order valence-electron chi connectivity index (χ1n) is 12.7. The first kappa shape index (κ1) is 27.8. The average Bonchev–Trinajstić information content (AvgIpc) is 3.35. The number of Topliss-reactive ketones (excluding diaryl/α,β-unsaturated/α-hetero) is 2. The van der Waals surface area contributed by atoms with Crippen LogP contribution in [0, 0.1) is 0 Å². The van der Waals surface area contributed by atoms with Crippen LogP contribution in [-0.2, 0) is 0 Å². The number of ether oxygens (including phenoxy) is 2. The lowest BCUT2D eigenvalue weighted by Gasteiger charge is -2.17. The number of benzene rings is 4. The SMILES string of the molecule is C[C@@]1(/C=C/c2ccccc2)Oc2cc(Br)ccc2C1=O.C[C@@]1(/C=C/c2ccccc2)Oc2cc(Br)ccc2C1=O. The van der Waals surface area contributed by atoms with E-state index < -0.39 is 11.2 Å². The van der Waals surface area contributed by atoms with Gasteiger partial charge in [-0.2, -0.15) is 0 Å². The van der Waals surface area contributed by atoms with E-state index in [2.05, 4.69) is 31.9 Å². The van der Waals surface area contributed by atoms with Crippen molar-refractivity contribution in [3.8, 4) is 11.5 Å². The van der Waals surface area contributed by atoms with Crippen molar-refractivity contribution in [1.29, 1.82) is 0 Å². The van der Waals surface area contributed by atoms with Crippen LogP contribution in [0.3, 0.4) is 0 Å². The van der Waals surface area contributed by atoms with E-state index in [9.17, 15) is 9.59 Å². The maximum Gasteiger partial charge on any atom is 0.213 e. The van der Waals surface area contributed by atoms with Gasteiger partial charge in [0.2, 0.25) is 11.6 Å². The number of carbonyl (C=O) groups excluding carboxylic acids is 2. The van der Waals surface area contributed by atoms with Gasteiger partial charge in [-0.25, -0.2) is 0 Å². The molecule has 0 saturated heterocycles. The van der Waals surface area contributed by atoms with Crippen molar-refractivity contribution in [2.75, 3.05) is 0 Å². The Morgan fingerprint density at radius 2 is 0.950 bits per heavy atom. The maximum absolute atomic E-state index is 12.5. The van der Waals surface area contributed by atoms with Crippen LogP contribution in [0.15, 0.2) is 118 Å². The predicted octanol–water partition coefficient (Wildman–Crippen LogP) is 8.99. The maximum atomic E-state index is 12.5. The molecule has 6 heteroatoms. The Balaban J connectivity index is 0.000000161. The molecule has 0 N–H and O–H groups in total. The molecule has 0 saturated carbocycles. The molecule has 0 radical (unpaired) electrons. The summed E-state index contributed by atoms with van der Waals surface area (Å²) < 4.78 is 13.5. The Morgan fingerprint density at radius 1 is 0.575 bits per heavy atom. The fourth-order valence-corrected chi connectivity index (χ4v) is 5.16. The molecule has 6 rings (SSSR count). The highest BCUT2D eigenvalue weighted by molar-refractivity contribution is 9.10. The largest absolute Gasteiger partial charge is 0.474 e. The van der Waals surface area contributed by atoms with Gasteiger partial charge < -0.3 is 9.47 Å². The van der Waals surface area contributed by atoms with E-state index in [-0.39, 0.29) is 11.6 Å². The van der Waals surface area contributed by atoms with Crippen LogP contribution in [0.1, 0.15) is 45.7 Å². The standard InChI is InChI=1S/2C17H13BrO2/c2*1-17(10-9-12-5-3-2-4-6-12)16(19)14-8-7-13(18)11-15(14)20-17/h2*2-11H,1H3/b2*10-9+/t2*17-/m00/s1. The van der Waals surface area contributed by atoms with E-state index in [0.717, 1.165) is 20.1 Å². The highest BCUT2D eigenvalue weighted by atomic mass is 79.9. The summed E-state index contributed by atoms with van der Waals surface area (Å²) in [5, 5.41) is 0. The van der Waals surface area contributed by atoms with Crippen molar-refractivity contribution < 1.29 is 19.1 Å². The van der Waals surface area contributed by atoms with E-state index in [4.69, 9.17) is 9.47 Å². The van der Waals surface area contributed by atoms with Gasteiger partial charge in [0.05, 0.1) is 11.1 Å². The molecule has 0 fully saturated rings. The second-order valence-corrected chi connectivity index (χ2v) is 11.7. The monoisotopic (exact) mass is 656 g/mol. The first-order chi connectivity index (χ1) is 19.2. The predicted molar refractivity (Wildman–Crippen MR) is 166 cm³/mol. The van der Waals surface area contributed by atoms with E-state index in [0.29, 0.717) is 22.6 Å². The smallest absolute Gasteiger partial charge is 0.213 e. The highest BCUT2D eigenvalue weighted by Crippen LogP contribution is 2.39. The molecule has 0 amide bonds. The summed E-state index contributed by atoms with van der Waals surface area (Å²) in [7, 11) is 0. The molecule has 4 aromatic carbocycles. The molecule has 4 aromatic rings. The van der Waals surface area contributed by atoms with E-state index in [1.54, 1.807) is 26.0 Å². The minimum absolute atomic E-state index is 0.00724. The highest BCUT2D eigenvalue weighted by Gasteiger charge is 2.42. The second-order valence-electron chi connectivity index (χ2n) is 9.85. The topological polar surface area (TPSA) is 52.6 Å². The Hall–Kier alpha value is -3.74. The molecule has 0 unspecified atom stereocenters. The van der Waals surface area contributed by atoms with Crippen molar-refractivity contribution in [3.05, 3.63) is 140 Å². The zero-order valence-electron chi connectivity index (χ0n) is 21.9. The lowest BCUT2D eigenvalue weighted by molar-refractivity contribution is 0.0753. The molecule has 4 nitrogen and oxygen atoms in total. The summed E-state index contributed by atoms with van der Waals surface area (Å²) in [6.07, 6.45) is 7.47. The van der Waals surface area contributed by atoms with Gasteiger partial charge in [-0.05, 0) is 73.5 Å². The summed E-state index contributed by atoms with van der Waals surface area (Å²) in [5.41, 5.74) is 1.49. The zero-order chi connectivity index (χ0) is 28.3. The lowest BCUT2D eigenvalue weighted by atomic mass is 9.96. The number of hydrogen-bond acceptors (Lipinski definition) is 4. The molecule has 200 valence electrons. The number of halogens is 2. The van der Waals surface area contributed by atoms with Crippen molar-refractivity contribution >= 4 is 55.6 Å². The molecule has 0 aromatic heterocycles. The van der Waals surface area contributed by atoms with Crippen LogP contribution in [0.2, 0.25) is 0 Å². The summed E-state index contributed by atoms with van der Waals surface area (Å²) in [6, 6.07) is 30.7. The van der Waals surface area contributed by atoms with Crippen molar-refractivity contribution in [2.45, 2.75) is 25.0 Å². The van der Waals surface area contributed by atoms with Crippen LogP contribution in [0.25, 0.3) is 12.2 Å². The molecule has 2 heterocycles. The normalized spacial score (nSPS) is 21.0. The van der Waals surface area contributed by atoms with E-state index >= 15 is 0 Å². The van der Waals surface area contributed by atoms with Crippen molar-refractivity contribution in [1.82, 2.24) is 0 Å². The van der Waals surface area contributed by atoms with E-state index in [1.165, 1.54) is 0 Å². The first-order valence-corrected chi connectivity index (χ1v) is 14.3. The molecule has 2 atom stereocenters. The fourth-order valence-electron chi connectivity index (χ4n) is 4.48. The molecular formula is C34H26Br2O4. The van der Waals surface area contributed by atoms with E-state index in [1.807, 2.05) is 109 Å². The van der Waals surface area contributed by atoms with Gasteiger partial charge in [0.15, 0.2) is 11.2 Å². The number of hydrogen-bond donors (Lipinski definition) is 0. The average molecular weight is 658 g/mol. The van der Waals surface area contributed by atoms with Crippen LogP contribution >= 0.6 is 31.9 Å². The number of rotatable bonds is 4. The fraction of sp³-hybridized carbons (Fsp3) is 0.118. The van der Waals surface area contributed by atoms with Crippen molar-refractivity contribution in [2.24, 2.45) is 0 Å². The van der Waals surface area contributed by atoms with Gasteiger partial charge in [0, 0.05) is 8.95 Å². The third kappa shape index (κ3) is 5.88. The molecular weight excluding hydrogens is 632 g/mol. The molecule has 0 aliphatic carbocycles. The molecule has 2 aliphatic heterocycles. The summed E-state index contributed by atoms with van der Waals surface area (Å²) in [4.78, 5) is 24.9. The van der Waals surface area contributed by atoms with Gasteiger partial charge in [0.1, 0.15) is 11.5 Å². The Labute approximate surface area is 250 Å². The molecule has 0 bridgehead atoms. The van der Waals surface area contributed by atoms with Gasteiger partial charge in [0.25, 0.3) is 0 Å². The van der Waals surface area contributed by atoms with Gasteiger partial charge in [-0.3, -0.25) is 9.59 Å². The second kappa shape index (κ2) is 11.4. The number of carbonyl (C=O) groups is 2. The molecule has 2 aliphatic rings. The minimum atomic E-state index is -0.932. The Bertz CT molecular complexity index is 1510. The summed E-state index contributed by atoms with van der Waals surface area (Å²) in [5.74, 6) is 1.24. The molecule has 40 heavy (non-hydrogen) atoms. The quantitative estimate of drug-likeness (QED) is 0.220. The zero-order valence-corrected chi connectivity index (χ0v) is 25.1. The van der Waals surface area contributed by atoms with Gasteiger partial charge in [-0.15, -0.1) is 0 Å². The summed E-state index contributed by atoms with van der Waals surface area (Å²) >= 11 is 6.78. The van der Waals surface area contributed by atoms with Crippen LogP contribution in [-0.4, -0.2) is 22.8 Å². The Morgan fingerprint density at radius 3 is 1.32 bits per heavy atom. The van der Waals surface area contributed by atoms with Crippen LogP contribution < -0.4 is 9.47 Å². The summed E-state index contributed by atoms with van der Waals surface area (Å²) in [6.45, 7) is 3.59. The number of fused-ring (bicyclic) bond motifs is 2. The third-order valence-electron chi connectivity index (χ3n) is 6.71.